The summed E-state index contributed by atoms with van der Waals surface area (Å²) in [7, 11) is 0. The summed E-state index contributed by atoms with van der Waals surface area (Å²) in [6.07, 6.45) is 3.19. The highest BCUT2D eigenvalue weighted by Gasteiger charge is 2.28. The molecule has 3 rings (SSSR count). The monoisotopic (exact) mass is 228 g/mol. The van der Waals surface area contributed by atoms with Crippen LogP contribution in [0.2, 0.25) is 0 Å². The molecule has 1 N–H and O–H groups in total. The molecule has 1 amide bonds. The van der Waals surface area contributed by atoms with E-state index in [2.05, 4.69) is 4.98 Å². The van der Waals surface area contributed by atoms with Gasteiger partial charge in [-0.2, -0.15) is 0 Å². The SMILES string of the molecule is O=C1CC(O)CN1c1ccc2cnccc2c1. The second-order valence-electron chi connectivity index (χ2n) is 4.27. The van der Waals surface area contributed by atoms with E-state index in [9.17, 15) is 9.90 Å². The van der Waals surface area contributed by atoms with Crippen LogP contribution in [0.3, 0.4) is 0 Å². The normalized spacial score (nSPS) is 20.2. The third-order valence-corrected chi connectivity index (χ3v) is 3.04. The summed E-state index contributed by atoms with van der Waals surface area (Å²) in [5, 5.41) is 11.6. The number of β-amino-alcohol motifs (C(OH)–C–C–N with tert-alkyl or cyclic N) is 1. The number of carbonyl (C=O) groups excluding carboxylic acids is 1. The van der Waals surface area contributed by atoms with E-state index in [0.29, 0.717) is 6.54 Å². The Morgan fingerprint density at radius 3 is 2.94 bits per heavy atom. The fraction of sp³-hybridized carbons (Fsp3) is 0.231. The number of aliphatic hydroxyl groups is 1. The van der Waals surface area contributed by atoms with Crippen LogP contribution in [-0.4, -0.2) is 28.6 Å². The number of amides is 1. The second-order valence-corrected chi connectivity index (χ2v) is 4.27. The number of fused-ring (bicyclic) bond motifs is 1. The highest BCUT2D eigenvalue weighted by Crippen LogP contribution is 2.25. The summed E-state index contributed by atoms with van der Waals surface area (Å²) in [6, 6.07) is 7.69. The van der Waals surface area contributed by atoms with Crippen molar-refractivity contribution < 1.29 is 9.90 Å². The number of aliphatic hydroxyl groups excluding tert-OH is 1. The zero-order valence-corrected chi connectivity index (χ0v) is 9.21. The van der Waals surface area contributed by atoms with Crippen LogP contribution in [0, 0.1) is 0 Å². The average molecular weight is 228 g/mol. The molecular formula is C13H12N2O2. The van der Waals surface area contributed by atoms with E-state index in [-0.39, 0.29) is 12.3 Å². The Kier molecular flexibility index (Phi) is 2.30. The Morgan fingerprint density at radius 1 is 1.29 bits per heavy atom. The summed E-state index contributed by atoms with van der Waals surface area (Å²) in [5.74, 6) is -0.0223. The van der Waals surface area contributed by atoms with Gasteiger partial charge in [-0.05, 0) is 23.6 Å². The van der Waals surface area contributed by atoms with Crippen molar-refractivity contribution in [3.63, 3.8) is 0 Å². The highest BCUT2D eigenvalue weighted by atomic mass is 16.3. The summed E-state index contributed by atoms with van der Waals surface area (Å²) in [6.45, 7) is 0.384. The van der Waals surface area contributed by atoms with E-state index in [4.69, 9.17) is 0 Å². The van der Waals surface area contributed by atoms with Gasteiger partial charge in [0.25, 0.3) is 0 Å². The molecule has 4 heteroatoms. The minimum Gasteiger partial charge on any atom is -0.391 e. The molecule has 17 heavy (non-hydrogen) atoms. The van der Waals surface area contributed by atoms with Crippen molar-refractivity contribution in [3.05, 3.63) is 36.7 Å². The van der Waals surface area contributed by atoms with Gasteiger partial charge >= 0.3 is 0 Å². The van der Waals surface area contributed by atoms with Crippen LogP contribution in [0.25, 0.3) is 10.8 Å². The first kappa shape index (κ1) is 10.2. The highest BCUT2D eigenvalue weighted by molar-refractivity contribution is 5.98. The fourth-order valence-electron chi connectivity index (χ4n) is 2.18. The molecule has 86 valence electrons. The smallest absolute Gasteiger partial charge is 0.229 e. The average Bonchev–Trinajstić information content (AvgIpc) is 2.68. The zero-order valence-electron chi connectivity index (χ0n) is 9.21. The number of aromatic nitrogens is 1. The van der Waals surface area contributed by atoms with Gasteiger partial charge in [0.1, 0.15) is 0 Å². The lowest BCUT2D eigenvalue weighted by Crippen LogP contribution is -2.25. The second kappa shape index (κ2) is 3.82. The number of pyridine rings is 1. The topological polar surface area (TPSA) is 53.4 Å². The molecule has 0 radical (unpaired) electrons. The molecule has 4 nitrogen and oxygen atoms in total. The van der Waals surface area contributed by atoms with Gasteiger partial charge < -0.3 is 10.0 Å². The maximum Gasteiger partial charge on any atom is 0.229 e. The fourth-order valence-corrected chi connectivity index (χ4v) is 2.18. The minimum atomic E-state index is -0.546. The summed E-state index contributed by atoms with van der Waals surface area (Å²) in [5.41, 5.74) is 0.838. The number of hydrogen-bond acceptors (Lipinski definition) is 3. The maximum absolute atomic E-state index is 11.7. The Labute approximate surface area is 98.5 Å². The van der Waals surface area contributed by atoms with Crippen molar-refractivity contribution in [1.29, 1.82) is 0 Å². The van der Waals surface area contributed by atoms with Gasteiger partial charge in [-0.25, -0.2) is 0 Å². The molecular weight excluding hydrogens is 216 g/mol. The minimum absolute atomic E-state index is 0.0223. The lowest BCUT2D eigenvalue weighted by Gasteiger charge is -2.16. The van der Waals surface area contributed by atoms with Gasteiger partial charge in [0.2, 0.25) is 5.91 Å². The van der Waals surface area contributed by atoms with Crippen LogP contribution in [0.5, 0.6) is 0 Å². The molecule has 1 saturated heterocycles. The molecule has 0 bridgehead atoms. The molecule has 1 aromatic heterocycles. The third kappa shape index (κ3) is 1.76. The van der Waals surface area contributed by atoms with E-state index in [1.807, 2.05) is 24.3 Å². The Morgan fingerprint density at radius 2 is 2.18 bits per heavy atom. The number of hydrogen-bond donors (Lipinski definition) is 1. The predicted molar refractivity (Wildman–Crippen MR) is 64.7 cm³/mol. The largest absolute Gasteiger partial charge is 0.391 e. The van der Waals surface area contributed by atoms with Gasteiger partial charge in [-0.15, -0.1) is 0 Å². The van der Waals surface area contributed by atoms with Gasteiger partial charge in [-0.1, -0.05) is 6.07 Å². The number of nitrogens with zero attached hydrogens (tertiary/aromatic N) is 2. The van der Waals surface area contributed by atoms with Crippen LogP contribution in [0.15, 0.2) is 36.7 Å². The Bertz CT molecular complexity index is 582. The van der Waals surface area contributed by atoms with Crippen LogP contribution in [0.4, 0.5) is 5.69 Å². The lowest BCUT2D eigenvalue weighted by molar-refractivity contribution is -0.117. The van der Waals surface area contributed by atoms with Crippen LogP contribution >= 0.6 is 0 Å². The number of anilines is 1. The quantitative estimate of drug-likeness (QED) is 0.801. The van der Waals surface area contributed by atoms with Crippen molar-refractivity contribution in [2.75, 3.05) is 11.4 Å². The third-order valence-electron chi connectivity index (χ3n) is 3.04. The first-order chi connectivity index (χ1) is 8.24. The van der Waals surface area contributed by atoms with Gasteiger partial charge in [0.15, 0.2) is 0 Å². The first-order valence-corrected chi connectivity index (χ1v) is 5.56. The molecule has 1 aliphatic rings. The summed E-state index contributed by atoms with van der Waals surface area (Å²) < 4.78 is 0. The summed E-state index contributed by atoms with van der Waals surface area (Å²) in [4.78, 5) is 17.4. The maximum atomic E-state index is 11.7. The molecule has 0 aliphatic carbocycles. The predicted octanol–water partition coefficient (Wildman–Crippen LogP) is 1.33. The standard InChI is InChI=1S/C13H12N2O2/c16-12-6-13(17)15(8-12)11-2-1-10-7-14-4-3-9(10)5-11/h1-5,7,12,16H,6,8H2. The van der Waals surface area contributed by atoms with Gasteiger partial charge in [0, 0.05) is 23.5 Å². The van der Waals surface area contributed by atoms with E-state index >= 15 is 0 Å². The summed E-state index contributed by atoms with van der Waals surface area (Å²) >= 11 is 0. The van der Waals surface area contributed by atoms with Crippen molar-refractivity contribution in [2.24, 2.45) is 0 Å². The van der Waals surface area contributed by atoms with E-state index in [1.54, 1.807) is 17.3 Å². The van der Waals surface area contributed by atoms with Crippen molar-refractivity contribution in [3.8, 4) is 0 Å². The van der Waals surface area contributed by atoms with Crippen LogP contribution in [0.1, 0.15) is 6.42 Å². The number of carbonyl (C=O) groups is 1. The van der Waals surface area contributed by atoms with Gasteiger partial charge in [-0.3, -0.25) is 9.78 Å². The van der Waals surface area contributed by atoms with Crippen molar-refractivity contribution >= 4 is 22.4 Å². The van der Waals surface area contributed by atoms with E-state index < -0.39 is 6.10 Å². The van der Waals surface area contributed by atoms with Crippen LogP contribution < -0.4 is 4.90 Å². The zero-order chi connectivity index (χ0) is 11.8. The molecule has 2 heterocycles. The lowest BCUT2D eigenvalue weighted by atomic mass is 10.1. The molecule has 1 unspecified atom stereocenters. The molecule has 1 atom stereocenters. The van der Waals surface area contributed by atoms with E-state index in [0.717, 1.165) is 16.5 Å². The van der Waals surface area contributed by atoms with E-state index in [1.165, 1.54) is 0 Å². The molecule has 2 aromatic rings. The number of rotatable bonds is 1. The number of benzene rings is 1. The molecule has 1 aromatic carbocycles. The molecule has 0 saturated carbocycles. The Hall–Kier alpha value is -1.94. The van der Waals surface area contributed by atoms with Crippen molar-refractivity contribution in [2.45, 2.75) is 12.5 Å². The Balaban J connectivity index is 2.03. The van der Waals surface area contributed by atoms with Gasteiger partial charge in [0.05, 0.1) is 19.1 Å². The first-order valence-electron chi connectivity index (χ1n) is 5.56. The molecule has 1 fully saturated rings. The molecule has 0 spiro atoms. The molecule has 1 aliphatic heterocycles. The van der Waals surface area contributed by atoms with Crippen molar-refractivity contribution in [1.82, 2.24) is 4.98 Å². The van der Waals surface area contributed by atoms with Crippen LogP contribution in [-0.2, 0) is 4.79 Å².